The molecule has 74 valence electrons. The quantitative estimate of drug-likeness (QED) is 0.490. The molecule has 0 saturated heterocycles. The van der Waals surface area contributed by atoms with Crippen molar-refractivity contribution in [1.82, 2.24) is 0 Å². The molecule has 0 bridgehead atoms. The molecule has 0 aliphatic carbocycles. The number of aliphatic hydroxyl groups excluding tert-OH is 2. The van der Waals surface area contributed by atoms with E-state index in [0.29, 0.717) is 0 Å². The predicted molar refractivity (Wildman–Crippen MR) is 49.8 cm³/mol. The van der Waals surface area contributed by atoms with E-state index in [9.17, 15) is 0 Å². The molecular weight excluding hydrogens is 156 g/mol. The third kappa shape index (κ3) is 22.7. The summed E-state index contributed by atoms with van der Waals surface area (Å²) in [5.41, 5.74) is 0. The minimum absolute atomic E-state index is 0.125. The monoisotopic (exact) mass is 176 g/mol. The molecule has 0 rings (SSSR count). The summed E-state index contributed by atoms with van der Waals surface area (Å²) in [6, 6.07) is 0. The lowest BCUT2D eigenvalue weighted by Gasteiger charge is -1.94. The van der Waals surface area contributed by atoms with Gasteiger partial charge in [0.15, 0.2) is 0 Å². The second-order valence-electron chi connectivity index (χ2n) is 2.14. The summed E-state index contributed by atoms with van der Waals surface area (Å²) in [6.45, 7) is 4.71. The highest BCUT2D eigenvalue weighted by atomic mass is 16.5. The predicted octanol–water partition coefficient (Wildman–Crippen LogP) is 1.31. The Kier molecular flexibility index (Phi) is 19.6. The zero-order valence-electron chi connectivity index (χ0n) is 7.99. The fraction of sp³-hybridized carbons (Fsp3) is 0.778. The molecule has 0 spiro atoms. The molecule has 0 unspecified atom stereocenters. The highest BCUT2D eigenvalue weighted by Crippen LogP contribution is 1.87. The van der Waals surface area contributed by atoms with Gasteiger partial charge in [0.1, 0.15) is 0 Å². The second kappa shape index (κ2) is 16.8. The number of allylic oxidation sites excluding steroid dienone is 1. The van der Waals surface area contributed by atoms with Crippen LogP contribution >= 0.6 is 0 Å². The molecule has 0 fully saturated rings. The fourth-order valence-electron chi connectivity index (χ4n) is 0.392. The van der Waals surface area contributed by atoms with Gasteiger partial charge in [-0.05, 0) is 13.3 Å². The van der Waals surface area contributed by atoms with Gasteiger partial charge >= 0.3 is 0 Å². The minimum atomic E-state index is -0.125. The average Bonchev–Trinajstić information content (AvgIpc) is 2.13. The number of hydrogen-bond acceptors (Lipinski definition) is 3. The first-order chi connectivity index (χ1) is 5.83. The van der Waals surface area contributed by atoms with E-state index in [1.807, 2.05) is 13.0 Å². The van der Waals surface area contributed by atoms with Crippen LogP contribution in [0.25, 0.3) is 0 Å². The van der Waals surface area contributed by atoms with Gasteiger partial charge in [-0.15, -0.1) is 0 Å². The fourth-order valence-corrected chi connectivity index (χ4v) is 0.392. The maximum absolute atomic E-state index is 7.62. The molecule has 12 heavy (non-hydrogen) atoms. The number of hydrogen-bond donors (Lipinski definition) is 2. The summed E-state index contributed by atoms with van der Waals surface area (Å²) in [6.07, 6.45) is 5.99. The first kappa shape index (κ1) is 14.0. The van der Waals surface area contributed by atoms with Gasteiger partial charge in [-0.25, -0.2) is 0 Å². The van der Waals surface area contributed by atoms with Crippen LogP contribution in [-0.2, 0) is 4.74 Å². The second-order valence-corrected chi connectivity index (χ2v) is 2.14. The van der Waals surface area contributed by atoms with Crippen molar-refractivity contribution >= 4 is 0 Å². The lowest BCUT2D eigenvalue weighted by atomic mass is 10.4. The van der Waals surface area contributed by atoms with E-state index in [1.54, 1.807) is 6.26 Å². The average molecular weight is 176 g/mol. The van der Waals surface area contributed by atoms with Gasteiger partial charge in [0.05, 0.1) is 26.1 Å². The molecule has 0 aromatic carbocycles. The molecule has 0 saturated carbocycles. The summed E-state index contributed by atoms with van der Waals surface area (Å²) in [5.74, 6) is 0. The molecule has 3 nitrogen and oxygen atoms in total. The number of ether oxygens (including phenoxy) is 1. The molecule has 0 atom stereocenters. The van der Waals surface area contributed by atoms with Crippen molar-refractivity contribution in [2.45, 2.75) is 26.7 Å². The maximum atomic E-state index is 7.62. The summed E-state index contributed by atoms with van der Waals surface area (Å²) >= 11 is 0. The van der Waals surface area contributed by atoms with E-state index < -0.39 is 0 Å². The molecule has 2 N–H and O–H groups in total. The lowest BCUT2D eigenvalue weighted by Crippen LogP contribution is -1.85. The maximum Gasteiger partial charge on any atom is 0.0873 e. The highest BCUT2D eigenvalue weighted by Gasteiger charge is 1.77. The van der Waals surface area contributed by atoms with Gasteiger partial charge in [-0.1, -0.05) is 19.4 Å². The molecule has 0 amide bonds. The Labute approximate surface area is 74.7 Å². The van der Waals surface area contributed by atoms with E-state index in [-0.39, 0.29) is 13.2 Å². The van der Waals surface area contributed by atoms with Crippen LogP contribution in [0.3, 0.4) is 0 Å². The molecular formula is C9H20O3. The molecule has 0 aromatic heterocycles. The number of aliphatic hydroxyl groups is 2. The SMILES string of the molecule is C/C=C/OCCCC.OCCO. The van der Waals surface area contributed by atoms with Gasteiger partial charge in [0.25, 0.3) is 0 Å². The first-order valence-corrected chi connectivity index (χ1v) is 4.27. The van der Waals surface area contributed by atoms with Crippen molar-refractivity contribution in [3.8, 4) is 0 Å². The van der Waals surface area contributed by atoms with Crippen molar-refractivity contribution < 1.29 is 14.9 Å². The van der Waals surface area contributed by atoms with Crippen LogP contribution in [0.1, 0.15) is 26.7 Å². The Morgan fingerprint density at radius 1 is 1.25 bits per heavy atom. The minimum Gasteiger partial charge on any atom is -0.502 e. The standard InChI is InChI=1S/C7H14O.C2H6O2/c1-3-5-7-8-6-4-2;3-1-2-4/h4,6H,3,5,7H2,1-2H3;3-4H,1-2H2/b6-4+;. The van der Waals surface area contributed by atoms with Crippen LogP contribution in [0.15, 0.2) is 12.3 Å². The smallest absolute Gasteiger partial charge is 0.0873 e. The molecule has 0 radical (unpaired) electrons. The Bertz CT molecular complexity index is 79.8. The van der Waals surface area contributed by atoms with Gasteiger partial charge in [-0.2, -0.15) is 0 Å². The summed E-state index contributed by atoms with van der Waals surface area (Å²) < 4.78 is 5.04. The zero-order chi connectivity index (χ0) is 9.66. The van der Waals surface area contributed by atoms with Crippen LogP contribution in [0, 0.1) is 0 Å². The molecule has 0 heterocycles. The van der Waals surface area contributed by atoms with Crippen LogP contribution in [0.4, 0.5) is 0 Å². The third-order valence-electron chi connectivity index (χ3n) is 0.948. The lowest BCUT2D eigenvalue weighted by molar-refractivity contribution is 0.186. The van der Waals surface area contributed by atoms with Gasteiger partial charge in [0.2, 0.25) is 0 Å². The highest BCUT2D eigenvalue weighted by molar-refractivity contribution is 4.64. The van der Waals surface area contributed by atoms with Gasteiger partial charge in [-0.3, -0.25) is 0 Å². The normalized spacial score (nSPS) is 9.33. The van der Waals surface area contributed by atoms with Crippen LogP contribution in [-0.4, -0.2) is 30.0 Å². The van der Waals surface area contributed by atoms with Gasteiger partial charge < -0.3 is 14.9 Å². The number of unbranched alkanes of at least 4 members (excludes halogenated alkanes) is 1. The van der Waals surface area contributed by atoms with E-state index >= 15 is 0 Å². The Morgan fingerprint density at radius 3 is 2.17 bits per heavy atom. The van der Waals surface area contributed by atoms with E-state index in [1.165, 1.54) is 6.42 Å². The summed E-state index contributed by atoms with van der Waals surface area (Å²) in [5, 5.41) is 15.2. The topological polar surface area (TPSA) is 49.7 Å². The molecule has 0 aliphatic heterocycles. The van der Waals surface area contributed by atoms with Crippen LogP contribution < -0.4 is 0 Å². The Hall–Kier alpha value is -0.540. The van der Waals surface area contributed by atoms with Crippen molar-refractivity contribution in [2.24, 2.45) is 0 Å². The molecule has 0 aliphatic rings. The van der Waals surface area contributed by atoms with Crippen molar-refractivity contribution in [2.75, 3.05) is 19.8 Å². The number of rotatable bonds is 5. The Balaban J connectivity index is 0. The zero-order valence-corrected chi connectivity index (χ0v) is 7.99. The van der Waals surface area contributed by atoms with Crippen LogP contribution in [0.2, 0.25) is 0 Å². The van der Waals surface area contributed by atoms with Crippen LogP contribution in [0.5, 0.6) is 0 Å². The summed E-state index contributed by atoms with van der Waals surface area (Å²) in [7, 11) is 0. The van der Waals surface area contributed by atoms with E-state index in [0.717, 1.165) is 13.0 Å². The summed E-state index contributed by atoms with van der Waals surface area (Å²) in [4.78, 5) is 0. The first-order valence-electron chi connectivity index (χ1n) is 4.27. The largest absolute Gasteiger partial charge is 0.502 e. The van der Waals surface area contributed by atoms with Crippen molar-refractivity contribution in [1.29, 1.82) is 0 Å². The van der Waals surface area contributed by atoms with E-state index in [4.69, 9.17) is 14.9 Å². The molecule has 3 heteroatoms. The third-order valence-corrected chi connectivity index (χ3v) is 0.948. The van der Waals surface area contributed by atoms with Crippen molar-refractivity contribution in [3.63, 3.8) is 0 Å². The molecule has 0 aromatic rings. The van der Waals surface area contributed by atoms with Crippen molar-refractivity contribution in [3.05, 3.63) is 12.3 Å². The van der Waals surface area contributed by atoms with E-state index in [2.05, 4.69) is 6.92 Å². The Morgan fingerprint density at radius 2 is 1.83 bits per heavy atom. The van der Waals surface area contributed by atoms with Gasteiger partial charge in [0, 0.05) is 0 Å².